The number of pyridine rings is 3. The fourth-order valence-electron chi connectivity index (χ4n) is 5.71. The maximum absolute atomic E-state index is 5.17. The molecule has 4 nitrogen and oxygen atoms in total. The van der Waals surface area contributed by atoms with Gasteiger partial charge in [0.1, 0.15) is 5.65 Å². The Hall–Kier alpha value is -4.05. The molecule has 31 heavy (non-hydrogen) atoms. The molecule has 2 aromatic carbocycles. The Labute approximate surface area is 177 Å². The van der Waals surface area contributed by atoms with Crippen molar-refractivity contribution in [2.45, 2.75) is 12.8 Å². The Balaban J connectivity index is 1.49. The maximum Gasteiger partial charge on any atom is 0.146 e. The van der Waals surface area contributed by atoms with Gasteiger partial charge in [-0.2, -0.15) is 0 Å². The Morgan fingerprint density at radius 2 is 1.65 bits per heavy atom. The number of benzene rings is 2. The van der Waals surface area contributed by atoms with Gasteiger partial charge in [-0.3, -0.25) is 14.4 Å². The standard InChI is InChI=1S/C27H16N4/c1-2-5-16-15(4-1)12-20-17(16)7-8-18-21(20)13-23-26(18)31-24-6-3-10-29-25(24)22-14-28-11-9-19(22)27(31)30-23/h1-11,14H,12-13H2. The number of nitrogens with zero attached hydrogens (tertiary/aromatic N) is 4. The number of hydrogen-bond donors (Lipinski definition) is 0. The molecular weight excluding hydrogens is 380 g/mol. The Kier molecular flexibility index (Phi) is 2.72. The summed E-state index contributed by atoms with van der Waals surface area (Å²) in [6.45, 7) is 0. The molecule has 0 amide bonds. The molecule has 0 atom stereocenters. The molecule has 2 aliphatic carbocycles. The Bertz CT molecular complexity index is 1740. The van der Waals surface area contributed by atoms with Crippen molar-refractivity contribution in [1.29, 1.82) is 0 Å². The highest BCUT2D eigenvalue weighted by Gasteiger charge is 2.31. The third kappa shape index (κ3) is 1.84. The monoisotopic (exact) mass is 396 g/mol. The number of imidazole rings is 1. The van der Waals surface area contributed by atoms with Gasteiger partial charge in [-0.1, -0.05) is 36.4 Å². The Morgan fingerprint density at radius 1 is 0.742 bits per heavy atom. The van der Waals surface area contributed by atoms with Crippen molar-refractivity contribution in [3.8, 4) is 22.4 Å². The number of hydrogen-bond acceptors (Lipinski definition) is 3. The average molecular weight is 396 g/mol. The minimum Gasteiger partial charge on any atom is -0.290 e. The van der Waals surface area contributed by atoms with E-state index in [0.717, 1.165) is 46.0 Å². The SMILES string of the molecule is c1ccc2c(c1)Cc1c-2ccc2c1Cc1nc3c4ccncc4c4ncccc4n3c1-2. The first-order chi connectivity index (χ1) is 15.4. The zero-order valence-electron chi connectivity index (χ0n) is 16.6. The van der Waals surface area contributed by atoms with Crippen LogP contribution in [0.5, 0.6) is 0 Å². The van der Waals surface area contributed by atoms with E-state index in [0.29, 0.717) is 0 Å². The largest absolute Gasteiger partial charge is 0.290 e. The molecule has 0 bridgehead atoms. The van der Waals surface area contributed by atoms with Crippen molar-refractivity contribution in [1.82, 2.24) is 19.4 Å². The Morgan fingerprint density at radius 3 is 2.65 bits per heavy atom. The summed E-state index contributed by atoms with van der Waals surface area (Å²) in [7, 11) is 0. The van der Waals surface area contributed by atoms with Crippen LogP contribution in [-0.2, 0) is 12.8 Å². The van der Waals surface area contributed by atoms with E-state index in [-0.39, 0.29) is 0 Å². The van der Waals surface area contributed by atoms with E-state index in [1.165, 1.54) is 39.1 Å². The molecule has 4 aromatic heterocycles. The van der Waals surface area contributed by atoms with Crippen LogP contribution in [0.2, 0.25) is 0 Å². The van der Waals surface area contributed by atoms with E-state index < -0.39 is 0 Å². The molecule has 144 valence electrons. The second-order valence-electron chi connectivity index (χ2n) is 8.49. The maximum atomic E-state index is 5.17. The summed E-state index contributed by atoms with van der Waals surface area (Å²) < 4.78 is 2.32. The minimum absolute atomic E-state index is 0.887. The molecule has 0 spiro atoms. The highest BCUT2D eigenvalue weighted by molar-refractivity contribution is 6.10. The second-order valence-corrected chi connectivity index (χ2v) is 8.49. The first-order valence-electron chi connectivity index (χ1n) is 10.6. The van der Waals surface area contributed by atoms with Crippen LogP contribution in [0.3, 0.4) is 0 Å². The summed E-state index contributed by atoms with van der Waals surface area (Å²) in [5.41, 5.74) is 13.9. The highest BCUT2D eigenvalue weighted by atomic mass is 15.0. The summed E-state index contributed by atoms with van der Waals surface area (Å²) in [6, 6.07) is 19.6. The normalized spacial score (nSPS) is 13.5. The third-order valence-corrected chi connectivity index (χ3v) is 7.00. The molecule has 0 aliphatic heterocycles. The quantitative estimate of drug-likeness (QED) is 0.315. The van der Waals surface area contributed by atoms with Crippen LogP contribution in [0.15, 0.2) is 73.2 Å². The van der Waals surface area contributed by atoms with Crippen LogP contribution in [-0.4, -0.2) is 19.4 Å². The fraction of sp³-hybridized carbons (Fsp3) is 0.0741. The van der Waals surface area contributed by atoms with Crippen LogP contribution >= 0.6 is 0 Å². The fourth-order valence-corrected chi connectivity index (χ4v) is 5.71. The van der Waals surface area contributed by atoms with Gasteiger partial charge < -0.3 is 0 Å². The first-order valence-corrected chi connectivity index (χ1v) is 10.6. The lowest BCUT2D eigenvalue weighted by Crippen LogP contribution is -1.97. The molecule has 6 aromatic rings. The number of rotatable bonds is 0. The van der Waals surface area contributed by atoms with E-state index in [1.54, 1.807) is 0 Å². The van der Waals surface area contributed by atoms with Crippen molar-refractivity contribution in [3.05, 3.63) is 95.6 Å². The lowest BCUT2D eigenvalue weighted by atomic mass is 9.97. The van der Waals surface area contributed by atoms with Gasteiger partial charge in [0.25, 0.3) is 0 Å². The molecular formula is C27H16N4. The molecule has 0 saturated carbocycles. The molecule has 0 radical (unpaired) electrons. The lowest BCUT2D eigenvalue weighted by molar-refractivity contribution is 1.12. The molecule has 0 saturated heterocycles. The van der Waals surface area contributed by atoms with Gasteiger partial charge in [0.05, 0.1) is 22.4 Å². The summed E-state index contributed by atoms with van der Waals surface area (Å²) in [4.78, 5) is 14.2. The number of aromatic nitrogens is 4. The molecule has 4 heteroatoms. The van der Waals surface area contributed by atoms with Gasteiger partial charge in [0, 0.05) is 41.3 Å². The van der Waals surface area contributed by atoms with Gasteiger partial charge in [-0.05, 0) is 52.4 Å². The predicted octanol–water partition coefficient (Wildman–Crippen LogP) is 5.57. The summed E-state index contributed by atoms with van der Waals surface area (Å²) >= 11 is 0. The lowest BCUT2D eigenvalue weighted by Gasteiger charge is -2.12. The zero-order valence-corrected chi connectivity index (χ0v) is 16.6. The van der Waals surface area contributed by atoms with E-state index in [4.69, 9.17) is 9.97 Å². The van der Waals surface area contributed by atoms with Crippen LogP contribution in [0.25, 0.3) is 49.8 Å². The van der Waals surface area contributed by atoms with E-state index in [9.17, 15) is 0 Å². The van der Waals surface area contributed by atoms with E-state index >= 15 is 0 Å². The van der Waals surface area contributed by atoms with Crippen molar-refractivity contribution >= 4 is 27.5 Å². The minimum atomic E-state index is 0.887. The molecule has 8 rings (SSSR count). The van der Waals surface area contributed by atoms with Crippen LogP contribution < -0.4 is 0 Å². The summed E-state index contributed by atoms with van der Waals surface area (Å²) in [5.74, 6) is 0. The topological polar surface area (TPSA) is 43.1 Å². The van der Waals surface area contributed by atoms with Crippen molar-refractivity contribution in [2.75, 3.05) is 0 Å². The van der Waals surface area contributed by atoms with Gasteiger partial charge in [0.2, 0.25) is 0 Å². The van der Waals surface area contributed by atoms with E-state index in [1.807, 2.05) is 24.7 Å². The van der Waals surface area contributed by atoms with Crippen molar-refractivity contribution in [2.24, 2.45) is 0 Å². The van der Waals surface area contributed by atoms with Crippen LogP contribution in [0.4, 0.5) is 0 Å². The van der Waals surface area contributed by atoms with Crippen LogP contribution in [0, 0.1) is 0 Å². The average Bonchev–Trinajstić information content (AvgIpc) is 3.48. The smallest absolute Gasteiger partial charge is 0.146 e. The second kappa shape index (κ2) is 5.35. The zero-order chi connectivity index (χ0) is 20.1. The predicted molar refractivity (Wildman–Crippen MR) is 122 cm³/mol. The van der Waals surface area contributed by atoms with Crippen molar-refractivity contribution in [3.63, 3.8) is 0 Å². The molecule has 0 N–H and O–H groups in total. The summed E-state index contributed by atoms with van der Waals surface area (Å²) in [6.07, 6.45) is 7.50. The highest BCUT2D eigenvalue weighted by Crippen LogP contribution is 2.47. The van der Waals surface area contributed by atoms with E-state index in [2.05, 4.69) is 57.9 Å². The van der Waals surface area contributed by atoms with Gasteiger partial charge in [-0.15, -0.1) is 0 Å². The van der Waals surface area contributed by atoms with Crippen molar-refractivity contribution < 1.29 is 0 Å². The summed E-state index contributed by atoms with van der Waals surface area (Å²) in [5, 5.41) is 2.16. The van der Waals surface area contributed by atoms with Gasteiger partial charge >= 0.3 is 0 Å². The van der Waals surface area contributed by atoms with Gasteiger partial charge in [-0.25, -0.2) is 4.98 Å². The molecule has 0 unspecified atom stereocenters. The number of fused-ring (bicyclic) bond motifs is 14. The molecule has 0 fully saturated rings. The van der Waals surface area contributed by atoms with Crippen LogP contribution in [0.1, 0.15) is 22.4 Å². The molecule has 4 heterocycles. The first kappa shape index (κ1) is 15.7. The van der Waals surface area contributed by atoms with Gasteiger partial charge in [0.15, 0.2) is 0 Å². The molecule has 2 aliphatic rings. The third-order valence-electron chi connectivity index (χ3n) is 7.00.